The SMILES string of the molecule is COC(=O)c1cc(-c2ccc(S(=O)(=O)N(C)C)cc2)c2nc(C)n(C/C(F)=C/CN)c2c1.Cl. The van der Waals surface area contributed by atoms with Gasteiger partial charge < -0.3 is 15.0 Å². The van der Waals surface area contributed by atoms with E-state index in [2.05, 4.69) is 4.98 Å². The molecule has 3 rings (SSSR count). The number of esters is 1. The van der Waals surface area contributed by atoms with Crippen molar-refractivity contribution in [3.8, 4) is 11.1 Å². The van der Waals surface area contributed by atoms with E-state index in [1.54, 1.807) is 35.8 Å². The minimum absolute atomic E-state index is 0. The fourth-order valence-electron chi connectivity index (χ4n) is 3.35. The highest BCUT2D eigenvalue weighted by molar-refractivity contribution is 7.89. The third kappa shape index (κ3) is 5.25. The van der Waals surface area contributed by atoms with E-state index in [0.717, 1.165) is 4.31 Å². The topological polar surface area (TPSA) is 108 Å². The molecule has 3 aromatic rings. The summed E-state index contributed by atoms with van der Waals surface area (Å²) in [6, 6.07) is 9.52. The summed E-state index contributed by atoms with van der Waals surface area (Å²) in [7, 11) is 0.610. The summed E-state index contributed by atoms with van der Waals surface area (Å²) in [6.45, 7) is 1.73. The van der Waals surface area contributed by atoms with Crippen LogP contribution in [0.15, 0.2) is 53.2 Å². The number of rotatable bonds is 7. The number of benzene rings is 2. The Morgan fingerprint density at radius 3 is 2.42 bits per heavy atom. The van der Waals surface area contributed by atoms with Gasteiger partial charge in [0.2, 0.25) is 10.0 Å². The van der Waals surface area contributed by atoms with Crippen molar-refractivity contribution in [1.29, 1.82) is 0 Å². The number of methoxy groups -OCH3 is 1. The van der Waals surface area contributed by atoms with Crippen LogP contribution in [0, 0.1) is 6.92 Å². The Balaban J connectivity index is 0.00000385. The summed E-state index contributed by atoms with van der Waals surface area (Å²) in [5, 5.41) is 0. The van der Waals surface area contributed by atoms with Crippen LogP contribution in [0.25, 0.3) is 22.2 Å². The number of nitrogens with two attached hydrogens (primary N) is 1. The minimum atomic E-state index is -3.58. The molecule has 11 heteroatoms. The van der Waals surface area contributed by atoms with E-state index >= 15 is 0 Å². The number of imidazole rings is 1. The summed E-state index contributed by atoms with van der Waals surface area (Å²) in [5.41, 5.74) is 8.03. The molecule has 0 radical (unpaired) electrons. The standard InChI is InChI=1S/C22H25FN4O4S.ClH/c1-14-25-21-19(15-5-7-18(8-6-15)32(29,30)26(2)3)11-16(22(28)31-4)12-20(21)27(14)13-17(23)9-10-24;/h5-9,11-12H,10,13,24H2,1-4H3;1H/b17-9-;. The average Bonchev–Trinajstić information content (AvgIpc) is 3.07. The number of aromatic nitrogens is 2. The van der Waals surface area contributed by atoms with Crippen molar-refractivity contribution in [3.05, 3.63) is 59.7 Å². The predicted octanol–water partition coefficient (Wildman–Crippen LogP) is 3.28. The first kappa shape index (κ1) is 26.5. The molecule has 0 amide bonds. The van der Waals surface area contributed by atoms with Crippen LogP contribution in [-0.4, -0.2) is 56.0 Å². The highest BCUT2D eigenvalue weighted by Crippen LogP contribution is 2.32. The largest absolute Gasteiger partial charge is 0.465 e. The minimum Gasteiger partial charge on any atom is -0.465 e. The Morgan fingerprint density at radius 2 is 1.88 bits per heavy atom. The summed E-state index contributed by atoms with van der Waals surface area (Å²) >= 11 is 0. The van der Waals surface area contributed by atoms with Crippen LogP contribution in [0.2, 0.25) is 0 Å². The molecule has 0 spiro atoms. The van der Waals surface area contributed by atoms with Gasteiger partial charge in [0.05, 0.1) is 35.1 Å². The molecule has 0 saturated carbocycles. The number of carbonyl (C=O) groups excluding carboxylic acids is 1. The highest BCUT2D eigenvalue weighted by atomic mass is 35.5. The summed E-state index contributed by atoms with van der Waals surface area (Å²) in [4.78, 5) is 17.0. The molecule has 8 nitrogen and oxygen atoms in total. The molecule has 0 bridgehead atoms. The van der Waals surface area contributed by atoms with Crippen LogP contribution >= 0.6 is 12.4 Å². The van der Waals surface area contributed by atoms with Gasteiger partial charge in [-0.15, -0.1) is 12.4 Å². The number of sulfonamides is 1. The van der Waals surface area contributed by atoms with Gasteiger partial charge in [-0.2, -0.15) is 0 Å². The molecule has 0 aliphatic rings. The first-order valence-corrected chi connectivity index (χ1v) is 11.2. The Hall–Kier alpha value is -2.79. The van der Waals surface area contributed by atoms with Crippen LogP contribution in [-0.2, 0) is 21.3 Å². The number of ether oxygens (including phenoxy) is 1. The van der Waals surface area contributed by atoms with E-state index in [0.29, 0.717) is 28.0 Å². The molecule has 178 valence electrons. The second-order valence-electron chi connectivity index (χ2n) is 7.33. The molecule has 2 aromatic carbocycles. The van der Waals surface area contributed by atoms with E-state index in [-0.39, 0.29) is 36.0 Å². The van der Waals surface area contributed by atoms with Gasteiger partial charge in [-0.05, 0) is 42.8 Å². The van der Waals surface area contributed by atoms with E-state index in [1.165, 1.54) is 39.4 Å². The fraction of sp³-hybridized carbons (Fsp3) is 0.273. The van der Waals surface area contributed by atoms with Crippen LogP contribution < -0.4 is 5.73 Å². The van der Waals surface area contributed by atoms with Gasteiger partial charge in [0, 0.05) is 26.2 Å². The van der Waals surface area contributed by atoms with Gasteiger partial charge in [0.25, 0.3) is 0 Å². The molecule has 33 heavy (non-hydrogen) atoms. The summed E-state index contributed by atoms with van der Waals surface area (Å²) < 4.78 is 46.6. The molecule has 0 aliphatic carbocycles. The van der Waals surface area contributed by atoms with E-state index in [4.69, 9.17) is 10.5 Å². The van der Waals surface area contributed by atoms with Crippen molar-refractivity contribution in [1.82, 2.24) is 13.9 Å². The van der Waals surface area contributed by atoms with Crippen LogP contribution in [0.3, 0.4) is 0 Å². The number of allylic oxidation sites excluding steroid dienone is 1. The Bertz CT molecular complexity index is 1300. The van der Waals surface area contributed by atoms with Crippen LogP contribution in [0.4, 0.5) is 4.39 Å². The fourth-order valence-corrected chi connectivity index (χ4v) is 4.26. The number of hydrogen-bond acceptors (Lipinski definition) is 6. The highest BCUT2D eigenvalue weighted by Gasteiger charge is 2.20. The van der Waals surface area contributed by atoms with E-state index < -0.39 is 21.8 Å². The number of carbonyl (C=O) groups is 1. The zero-order valence-electron chi connectivity index (χ0n) is 18.7. The maximum atomic E-state index is 14.2. The lowest BCUT2D eigenvalue weighted by molar-refractivity contribution is 0.0601. The second-order valence-corrected chi connectivity index (χ2v) is 9.48. The van der Waals surface area contributed by atoms with Gasteiger partial charge >= 0.3 is 5.97 Å². The summed E-state index contributed by atoms with van der Waals surface area (Å²) in [6.07, 6.45) is 1.28. The molecule has 1 heterocycles. The molecule has 1 aromatic heterocycles. The zero-order valence-corrected chi connectivity index (χ0v) is 20.3. The molecule has 0 saturated heterocycles. The molecule has 0 aliphatic heterocycles. The van der Waals surface area contributed by atoms with E-state index in [1.807, 2.05) is 0 Å². The molecule has 0 atom stereocenters. The van der Waals surface area contributed by atoms with Crippen molar-refractivity contribution in [2.75, 3.05) is 27.7 Å². The summed E-state index contributed by atoms with van der Waals surface area (Å²) in [5.74, 6) is -0.419. The van der Waals surface area contributed by atoms with Gasteiger partial charge in [0.1, 0.15) is 11.7 Å². The Labute approximate surface area is 198 Å². The van der Waals surface area contributed by atoms with Crippen molar-refractivity contribution in [3.63, 3.8) is 0 Å². The van der Waals surface area contributed by atoms with Gasteiger partial charge in [-0.1, -0.05) is 12.1 Å². The first-order valence-electron chi connectivity index (χ1n) is 9.77. The van der Waals surface area contributed by atoms with Crippen LogP contribution in [0.5, 0.6) is 0 Å². The van der Waals surface area contributed by atoms with Crippen molar-refractivity contribution >= 4 is 39.4 Å². The lowest BCUT2D eigenvalue weighted by Gasteiger charge is -2.12. The number of halogens is 2. The van der Waals surface area contributed by atoms with E-state index in [9.17, 15) is 17.6 Å². The Morgan fingerprint density at radius 1 is 1.24 bits per heavy atom. The molecule has 0 fully saturated rings. The van der Waals surface area contributed by atoms with Crippen molar-refractivity contribution in [2.24, 2.45) is 5.73 Å². The third-order valence-corrected chi connectivity index (χ3v) is 6.89. The van der Waals surface area contributed by atoms with Crippen LogP contribution in [0.1, 0.15) is 16.2 Å². The smallest absolute Gasteiger partial charge is 0.337 e. The molecular weight excluding hydrogens is 471 g/mol. The number of fused-ring (bicyclic) bond motifs is 1. The normalized spacial score (nSPS) is 12.2. The zero-order chi connectivity index (χ0) is 23.6. The molecule has 2 N–H and O–H groups in total. The lowest BCUT2D eigenvalue weighted by atomic mass is 10.0. The number of nitrogens with zero attached hydrogens (tertiary/aromatic N) is 3. The average molecular weight is 497 g/mol. The lowest BCUT2D eigenvalue weighted by Crippen LogP contribution is -2.22. The van der Waals surface area contributed by atoms with Gasteiger partial charge in [0.15, 0.2) is 0 Å². The van der Waals surface area contributed by atoms with Crippen molar-refractivity contribution < 1.29 is 22.3 Å². The first-order chi connectivity index (χ1) is 15.1. The molecule has 0 unspecified atom stereocenters. The Kier molecular flexibility index (Phi) is 8.36. The third-order valence-electron chi connectivity index (χ3n) is 5.06. The van der Waals surface area contributed by atoms with Gasteiger partial charge in [-0.3, -0.25) is 0 Å². The van der Waals surface area contributed by atoms with Crippen molar-refractivity contribution in [2.45, 2.75) is 18.4 Å². The van der Waals surface area contributed by atoms with Gasteiger partial charge in [-0.25, -0.2) is 26.9 Å². The molecular formula is C22H26ClFN4O4S. The number of hydrogen-bond donors (Lipinski definition) is 1. The predicted molar refractivity (Wildman–Crippen MR) is 128 cm³/mol. The monoisotopic (exact) mass is 496 g/mol. The maximum absolute atomic E-state index is 14.2. The second kappa shape index (κ2) is 10.4. The quantitative estimate of drug-likeness (QED) is 0.503. The number of aryl methyl sites for hydroxylation is 1. The maximum Gasteiger partial charge on any atom is 0.337 e.